The van der Waals surface area contributed by atoms with Gasteiger partial charge >= 0.3 is 0 Å². The number of amides is 1. The molecule has 1 amide bonds. The van der Waals surface area contributed by atoms with Crippen LogP contribution in [0, 0.1) is 18.6 Å². The minimum atomic E-state index is -0.757. The summed E-state index contributed by atoms with van der Waals surface area (Å²) in [5, 5.41) is 5.54. The molecule has 1 heterocycles. The fourth-order valence-electron chi connectivity index (χ4n) is 2.61. The summed E-state index contributed by atoms with van der Waals surface area (Å²) in [6, 6.07) is 8.97. The fraction of sp³-hybridized carbons (Fsp3) is 0.150. The van der Waals surface area contributed by atoms with Gasteiger partial charge in [-0.15, -0.1) is 0 Å². The zero-order chi connectivity index (χ0) is 19.4. The molecule has 7 heteroatoms. The van der Waals surface area contributed by atoms with Crippen LogP contribution in [-0.4, -0.2) is 15.9 Å². The average molecular weight is 368 g/mol. The van der Waals surface area contributed by atoms with E-state index in [1.807, 2.05) is 32.0 Å². The highest BCUT2D eigenvalue weighted by Crippen LogP contribution is 2.22. The largest absolute Gasteiger partial charge is 0.322 e. The molecule has 3 rings (SSSR count). The Bertz CT molecular complexity index is 974. The molecule has 0 saturated heterocycles. The molecule has 0 saturated carbocycles. The van der Waals surface area contributed by atoms with Gasteiger partial charge in [0, 0.05) is 24.1 Å². The highest BCUT2D eigenvalue weighted by atomic mass is 19.1. The molecule has 138 valence electrons. The van der Waals surface area contributed by atoms with E-state index in [2.05, 4.69) is 20.6 Å². The number of hydrogen-bond acceptors (Lipinski definition) is 4. The Morgan fingerprint density at radius 1 is 1.11 bits per heavy atom. The quantitative estimate of drug-likeness (QED) is 0.689. The van der Waals surface area contributed by atoms with Gasteiger partial charge in [-0.1, -0.05) is 25.1 Å². The van der Waals surface area contributed by atoms with Crippen LogP contribution < -0.4 is 10.6 Å². The van der Waals surface area contributed by atoms with E-state index in [0.29, 0.717) is 0 Å². The van der Waals surface area contributed by atoms with Crippen molar-refractivity contribution >= 4 is 23.2 Å². The summed E-state index contributed by atoms with van der Waals surface area (Å²) in [6.45, 7) is 3.94. The van der Waals surface area contributed by atoms with Gasteiger partial charge in [0.1, 0.15) is 11.6 Å². The Kier molecular flexibility index (Phi) is 5.40. The molecule has 0 fully saturated rings. The van der Waals surface area contributed by atoms with Crippen molar-refractivity contribution in [3.05, 3.63) is 77.1 Å². The average Bonchev–Trinajstić information content (AvgIpc) is 2.66. The van der Waals surface area contributed by atoms with Crippen molar-refractivity contribution in [2.45, 2.75) is 20.3 Å². The van der Waals surface area contributed by atoms with Crippen molar-refractivity contribution in [2.24, 2.45) is 0 Å². The van der Waals surface area contributed by atoms with Crippen LogP contribution in [0.15, 0.2) is 48.8 Å². The monoisotopic (exact) mass is 368 g/mol. The minimum absolute atomic E-state index is 0.0427. The number of aromatic nitrogens is 2. The predicted octanol–water partition coefficient (Wildman–Crippen LogP) is 4.62. The lowest BCUT2D eigenvalue weighted by Gasteiger charge is -2.13. The summed E-state index contributed by atoms with van der Waals surface area (Å²) in [6.07, 6.45) is 3.48. The van der Waals surface area contributed by atoms with Gasteiger partial charge in [-0.05, 0) is 36.6 Å². The first kappa shape index (κ1) is 18.4. The Hall–Kier alpha value is -3.35. The lowest BCUT2D eigenvalue weighted by molar-refractivity contribution is 0.102. The summed E-state index contributed by atoms with van der Waals surface area (Å²) in [4.78, 5) is 20.5. The van der Waals surface area contributed by atoms with Crippen molar-refractivity contribution in [3.63, 3.8) is 0 Å². The normalized spacial score (nSPS) is 10.5. The Labute approximate surface area is 155 Å². The highest BCUT2D eigenvalue weighted by Gasteiger charge is 2.12. The molecule has 0 unspecified atom stereocenters. The predicted molar refractivity (Wildman–Crippen MR) is 100 cm³/mol. The van der Waals surface area contributed by atoms with E-state index in [1.54, 1.807) is 0 Å². The molecule has 2 aromatic carbocycles. The third kappa shape index (κ3) is 4.25. The number of carbonyl (C=O) groups excluding carboxylic acids is 1. The molecule has 0 radical (unpaired) electrons. The van der Waals surface area contributed by atoms with E-state index in [0.717, 1.165) is 35.4 Å². The Morgan fingerprint density at radius 3 is 2.52 bits per heavy atom. The molecule has 0 aliphatic rings. The van der Waals surface area contributed by atoms with E-state index in [1.165, 1.54) is 18.5 Å². The van der Waals surface area contributed by atoms with Gasteiger partial charge in [0.05, 0.1) is 11.3 Å². The van der Waals surface area contributed by atoms with E-state index in [9.17, 15) is 13.6 Å². The maximum absolute atomic E-state index is 13.7. The smallest absolute Gasteiger partial charge is 0.258 e. The van der Waals surface area contributed by atoms with Crippen LogP contribution in [-0.2, 0) is 6.42 Å². The van der Waals surface area contributed by atoms with Crippen LogP contribution in [0.2, 0.25) is 0 Å². The topological polar surface area (TPSA) is 66.9 Å². The zero-order valence-corrected chi connectivity index (χ0v) is 14.9. The minimum Gasteiger partial charge on any atom is -0.322 e. The van der Waals surface area contributed by atoms with Crippen molar-refractivity contribution in [1.29, 1.82) is 0 Å². The first-order valence-electron chi connectivity index (χ1n) is 8.42. The lowest BCUT2D eigenvalue weighted by Crippen LogP contribution is -2.15. The van der Waals surface area contributed by atoms with Crippen LogP contribution in [0.3, 0.4) is 0 Å². The summed E-state index contributed by atoms with van der Waals surface area (Å²) < 4.78 is 26.6. The van der Waals surface area contributed by atoms with E-state index in [-0.39, 0.29) is 23.1 Å². The fourth-order valence-corrected chi connectivity index (χ4v) is 2.61. The molecule has 0 spiro atoms. The van der Waals surface area contributed by atoms with Crippen molar-refractivity contribution < 1.29 is 13.6 Å². The van der Waals surface area contributed by atoms with E-state index in [4.69, 9.17) is 0 Å². The SMILES string of the molecule is CCc1cccc(C)c1NC(=O)c1cnc(Nc2ccc(F)cc2F)nc1. The second-order valence-electron chi connectivity index (χ2n) is 5.96. The van der Waals surface area contributed by atoms with Crippen molar-refractivity contribution in [3.8, 4) is 0 Å². The first-order valence-corrected chi connectivity index (χ1v) is 8.42. The molecular weight excluding hydrogens is 350 g/mol. The van der Waals surface area contributed by atoms with Crippen molar-refractivity contribution in [1.82, 2.24) is 9.97 Å². The van der Waals surface area contributed by atoms with Crippen molar-refractivity contribution in [2.75, 3.05) is 10.6 Å². The number of nitrogens with zero attached hydrogens (tertiary/aromatic N) is 2. The molecule has 27 heavy (non-hydrogen) atoms. The van der Waals surface area contributed by atoms with Crippen LogP contribution in [0.25, 0.3) is 0 Å². The molecular formula is C20H18F2N4O. The third-order valence-electron chi connectivity index (χ3n) is 4.07. The number of halogens is 2. The highest BCUT2D eigenvalue weighted by molar-refractivity contribution is 6.04. The van der Waals surface area contributed by atoms with Gasteiger partial charge in [0.2, 0.25) is 5.95 Å². The number of hydrogen-bond donors (Lipinski definition) is 2. The molecule has 1 aromatic heterocycles. The summed E-state index contributed by atoms with van der Waals surface area (Å²) in [5.41, 5.74) is 3.09. The molecule has 2 N–H and O–H groups in total. The number of benzene rings is 2. The third-order valence-corrected chi connectivity index (χ3v) is 4.07. The first-order chi connectivity index (χ1) is 13.0. The second-order valence-corrected chi connectivity index (χ2v) is 5.96. The van der Waals surface area contributed by atoms with Crippen LogP contribution >= 0.6 is 0 Å². The van der Waals surface area contributed by atoms with Crippen LogP contribution in [0.1, 0.15) is 28.4 Å². The van der Waals surface area contributed by atoms with Gasteiger partial charge in [-0.25, -0.2) is 18.7 Å². The number of nitrogens with one attached hydrogen (secondary N) is 2. The van der Waals surface area contributed by atoms with Gasteiger partial charge in [-0.2, -0.15) is 0 Å². The number of anilines is 3. The number of carbonyl (C=O) groups is 1. The van der Waals surface area contributed by atoms with E-state index >= 15 is 0 Å². The molecule has 0 aliphatic carbocycles. The second kappa shape index (κ2) is 7.90. The standard InChI is InChI=1S/C20H18F2N4O/c1-3-13-6-4-5-12(2)18(13)26-19(27)14-10-23-20(24-11-14)25-17-8-7-15(21)9-16(17)22/h4-11H,3H2,1-2H3,(H,26,27)(H,23,24,25). The van der Waals surface area contributed by atoms with Crippen LogP contribution in [0.4, 0.5) is 26.1 Å². The molecule has 0 bridgehead atoms. The Morgan fingerprint density at radius 2 is 1.85 bits per heavy atom. The summed E-state index contributed by atoms with van der Waals surface area (Å²) in [5.74, 6) is -1.67. The van der Waals surface area contributed by atoms with Gasteiger partial charge < -0.3 is 10.6 Å². The van der Waals surface area contributed by atoms with Gasteiger partial charge in [0.15, 0.2) is 0 Å². The Balaban J connectivity index is 1.74. The number of para-hydroxylation sites is 1. The number of rotatable bonds is 5. The zero-order valence-electron chi connectivity index (χ0n) is 14.9. The molecule has 0 atom stereocenters. The maximum Gasteiger partial charge on any atom is 0.258 e. The lowest BCUT2D eigenvalue weighted by atomic mass is 10.1. The van der Waals surface area contributed by atoms with Crippen LogP contribution in [0.5, 0.6) is 0 Å². The summed E-state index contributed by atoms with van der Waals surface area (Å²) >= 11 is 0. The van der Waals surface area contributed by atoms with Gasteiger partial charge in [-0.3, -0.25) is 4.79 Å². The summed E-state index contributed by atoms with van der Waals surface area (Å²) in [7, 11) is 0. The maximum atomic E-state index is 13.7. The van der Waals surface area contributed by atoms with E-state index < -0.39 is 11.6 Å². The molecule has 3 aromatic rings. The number of aryl methyl sites for hydroxylation is 2. The van der Waals surface area contributed by atoms with Gasteiger partial charge in [0.25, 0.3) is 5.91 Å². The molecule has 0 aliphatic heterocycles. The molecule has 5 nitrogen and oxygen atoms in total.